The Morgan fingerprint density at radius 1 is 1.31 bits per heavy atom. The van der Waals surface area contributed by atoms with Crippen molar-refractivity contribution < 1.29 is 9.90 Å². The Morgan fingerprint density at radius 2 is 1.75 bits per heavy atom. The van der Waals surface area contributed by atoms with Gasteiger partial charge in [-0.2, -0.15) is 0 Å². The number of nitrogens with one attached hydrogen (secondary N) is 3. The Balaban J connectivity index is 0. The van der Waals surface area contributed by atoms with Crippen molar-refractivity contribution in [2.75, 3.05) is 6.54 Å². The lowest BCUT2D eigenvalue weighted by atomic mass is 10.2. The van der Waals surface area contributed by atoms with Crippen molar-refractivity contribution in [3.8, 4) is 0 Å². The molecule has 0 aromatic rings. The fourth-order valence-corrected chi connectivity index (χ4v) is 0.606. The zero-order valence-electron chi connectivity index (χ0n) is 8.86. The topological polar surface area (TPSA) is 201 Å². The zero-order valence-corrected chi connectivity index (χ0v) is 8.86. The van der Waals surface area contributed by atoms with Gasteiger partial charge in [-0.15, -0.1) is 0 Å². The van der Waals surface area contributed by atoms with Crippen molar-refractivity contribution in [3.05, 3.63) is 0 Å². The molecule has 0 heterocycles. The number of nitrogens with two attached hydrogens (primary N) is 4. The van der Waals surface area contributed by atoms with Crippen LogP contribution in [-0.2, 0) is 4.79 Å². The monoisotopic (exact) mass is 233 g/mol. The van der Waals surface area contributed by atoms with Gasteiger partial charge in [-0.25, -0.2) is 0 Å². The molecule has 0 bridgehead atoms. The molecule has 9 heteroatoms. The SMILES string of the molecule is N=C(N)NC(=N)N.NCCC[C@H](N)C(=O)O. The third-order valence-corrected chi connectivity index (χ3v) is 1.31. The summed E-state index contributed by atoms with van der Waals surface area (Å²) in [6.07, 6.45) is 1.14. The van der Waals surface area contributed by atoms with E-state index in [0.29, 0.717) is 19.4 Å². The van der Waals surface area contributed by atoms with Crippen LogP contribution in [0.15, 0.2) is 0 Å². The van der Waals surface area contributed by atoms with Crippen LogP contribution in [0.4, 0.5) is 0 Å². The Kier molecular flexibility index (Phi) is 10.0. The van der Waals surface area contributed by atoms with Crippen LogP contribution in [0.5, 0.6) is 0 Å². The molecule has 0 aromatic heterocycles. The Labute approximate surface area is 93.2 Å². The molecule has 0 aromatic carbocycles. The normalized spacial score (nSPS) is 10.6. The standard InChI is InChI=1S/C5H12N2O2.C2H7N5/c6-3-1-2-4(7)5(8)9;3-1(4)7-2(5)6/h4H,1-3,6-7H2,(H,8,9);(H7,3,4,5,6,7)/t4-;/m0./s1. The van der Waals surface area contributed by atoms with Gasteiger partial charge in [0.25, 0.3) is 0 Å². The summed E-state index contributed by atoms with van der Waals surface area (Å²) < 4.78 is 0. The smallest absolute Gasteiger partial charge is 0.320 e. The van der Waals surface area contributed by atoms with Crippen LogP contribution in [-0.4, -0.2) is 35.6 Å². The number of hydrogen-bond acceptors (Lipinski definition) is 5. The van der Waals surface area contributed by atoms with Crippen LogP contribution in [0.2, 0.25) is 0 Å². The van der Waals surface area contributed by atoms with Gasteiger partial charge in [-0.1, -0.05) is 0 Å². The third-order valence-electron chi connectivity index (χ3n) is 1.31. The first-order valence-corrected chi connectivity index (χ1v) is 4.44. The molecule has 0 unspecified atom stereocenters. The number of carbonyl (C=O) groups is 1. The number of carboxylic acid groups (broad SMARTS) is 1. The molecule has 0 aliphatic carbocycles. The predicted molar refractivity (Wildman–Crippen MR) is 60.9 cm³/mol. The van der Waals surface area contributed by atoms with E-state index in [0.717, 1.165) is 0 Å². The summed E-state index contributed by atoms with van der Waals surface area (Å²) in [6, 6.07) is -0.742. The van der Waals surface area contributed by atoms with E-state index in [-0.39, 0.29) is 11.9 Å². The molecule has 16 heavy (non-hydrogen) atoms. The van der Waals surface area contributed by atoms with Gasteiger partial charge in [0.2, 0.25) is 0 Å². The van der Waals surface area contributed by atoms with Gasteiger partial charge in [0.05, 0.1) is 0 Å². The highest BCUT2D eigenvalue weighted by atomic mass is 16.4. The highest BCUT2D eigenvalue weighted by Gasteiger charge is 2.08. The molecule has 94 valence electrons. The molecule has 0 rings (SSSR count). The van der Waals surface area contributed by atoms with E-state index in [4.69, 9.17) is 38.9 Å². The van der Waals surface area contributed by atoms with Gasteiger partial charge in [0, 0.05) is 0 Å². The number of guanidine groups is 2. The van der Waals surface area contributed by atoms with Crippen molar-refractivity contribution in [2.24, 2.45) is 22.9 Å². The van der Waals surface area contributed by atoms with E-state index in [1.54, 1.807) is 0 Å². The van der Waals surface area contributed by atoms with Gasteiger partial charge < -0.3 is 28.0 Å². The maximum absolute atomic E-state index is 10.0. The first kappa shape index (κ1) is 16.6. The molecule has 0 amide bonds. The Morgan fingerprint density at radius 3 is 1.94 bits per heavy atom. The predicted octanol–water partition coefficient (Wildman–Crippen LogP) is -2.50. The maximum atomic E-state index is 10.0. The lowest BCUT2D eigenvalue weighted by molar-refractivity contribution is -0.138. The maximum Gasteiger partial charge on any atom is 0.320 e. The number of hydrogen-bond donors (Lipinski definition) is 8. The van der Waals surface area contributed by atoms with E-state index in [1.807, 2.05) is 5.32 Å². The molecular formula is C7H19N7O2. The second kappa shape index (κ2) is 9.68. The van der Waals surface area contributed by atoms with Crippen LogP contribution in [0, 0.1) is 10.8 Å². The fourth-order valence-electron chi connectivity index (χ4n) is 0.606. The van der Waals surface area contributed by atoms with E-state index in [1.165, 1.54) is 0 Å². The van der Waals surface area contributed by atoms with E-state index in [2.05, 4.69) is 0 Å². The van der Waals surface area contributed by atoms with Crippen LogP contribution in [0.3, 0.4) is 0 Å². The zero-order chi connectivity index (χ0) is 13.1. The second-order valence-corrected chi connectivity index (χ2v) is 2.83. The minimum atomic E-state index is -0.955. The molecule has 1 atom stereocenters. The molecule has 0 aliphatic rings. The Hall–Kier alpha value is -1.87. The molecule has 0 saturated carbocycles. The van der Waals surface area contributed by atoms with Gasteiger partial charge in [-0.05, 0) is 19.4 Å². The molecular weight excluding hydrogens is 214 g/mol. The van der Waals surface area contributed by atoms with E-state index in [9.17, 15) is 4.79 Å². The lowest BCUT2D eigenvalue weighted by Crippen LogP contribution is -2.39. The van der Waals surface area contributed by atoms with Crippen LogP contribution in [0.25, 0.3) is 0 Å². The molecule has 12 N–H and O–H groups in total. The summed E-state index contributed by atoms with van der Waals surface area (Å²) in [6.45, 7) is 0.501. The van der Waals surface area contributed by atoms with Crippen molar-refractivity contribution in [1.82, 2.24) is 5.32 Å². The highest BCUT2D eigenvalue weighted by molar-refractivity contribution is 5.93. The molecule has 0 fully saturated rings. The van der Waals surface area contributed by atoms with E-state index < -0.39 is 12.0 Å². The first-order valence-electron chi connectivity index (χ1n) is 4.44. The largest absolute Gasteiger partial charge is 0.480 e. The number of rotatable bonds is 4. The summed E-state index contributed by atoms with van der Waals surface area (Å²) >= 11 is 0. The molecule has 0 saturated heterocycles. The number of aliphatic carboxylic acids is 1. The molecule has 0 aliphatic heterocycles. The highest BCUT2D eigenvalue weighted by Crippen LogP contribution is 1.91. The van der Waals surface area contributed by atoms with Crippen LogP contribution in [0.1, 0.15) is 12.8 Å². The Bertz CT molecular complexity index is 231. The second-order valence-electron chi connectivity index (χ2n) is 2.83. The molecule has 0 radical (unpaired) electrons. The average molecular weight is 233 g/mol. The van der Waals surface area contributed by atoms with Gasteiger partial charge >= 0.3 is 5.97 Å². The molecule has 9 nitrogen and oxygen atoms in total. The van der Waals surface area contributed by atoms with Gasteiger partial charge in [-0.3, -0.25) is 20.9 Å². The van der Waals surface area contributed by atoms with Gasteiger partial charge in [0.1, 0.15) is 6.04 Å². The van der Waals surface area contributed by atoms with Crippen molar-refractivity contribution in [1.29, 1.82) is 10.8 Å². The average Bonchev–Trinajstić information content (AvgIpc) is 2.12. The minimum Gasteiger partial charge on any atom is -0.480 e. The van der Waals surface area contributed by atoms with Crippen LogP contribution < -0.4 is 28.3 Å². The van der Waals surface area contributed by atoms with E-state index >= 15 is 0 Å². The minimum absolute atomic E-state index is 0.312. The number of carboxylic acids is 1. The quantitative estimate of drug-likeness (QED) is 0.193. The third kappa shape index (κ3) is 14.6. The lowest BCUT2D eigenvalue weighted by Gasteiger charge is -2.02. The van der Waals surface area contributed by atoms with Crippen molar-refractivity contribution in [2.45, 2.75) is 18.9 Å². The van der Waals surface area contributed by atoms with Crippen molar-refractivity contribution >= 4 is 17.9 Å². The summed E-state index contributed by atoms with van der Waals surface area (Å²) in [5.74, 6) is -1.58. The summed E-state index contributed by atoms with van der Waals surface area (Å²) in [5.41, 5.74) is 19.8. The van der Waals surface area contributed by atoms with Crippen LogP contribution >= 0.6 is 0 Å². The van der Waals surface area contributed by atoms with Gasteiger partial charge in [0.15, 0.2) is 11.9 Å². The molecule has 0 spiro atoms. The van der Waals surface area contributed by atoms with Crippen molar-refractivity contribution in [3.63, 3.8) is 0 Å². The summed E-state index contributed by atoms with van der Waals surface area (Å²) in [7, 11) is 0. The summed E-state index contributed by atoms with van der Waals surface area (Å²) in [5, 5.41) is 23.2. The first-order chi connectivity index (χ1) is 7.31. The summed E-state index contributed by atoms with van der Waals surface area (Å²) in [4.78, 5) is 10.0. The fraction of sp³-hybridized carbons (Fsp3) is 0.571.